The van der Waals surface area contributed by atoms with E-state index in [4.69, 9.17) is 10.2 Å². The number of pyridine rings is 2. The van der Waals surface area contributed by atoms with Gasteiger partial charge >= 0.3 is 0 Å². The van der Waals surface area contributed by atoms with Crippen LogP contribution in [-0.4, -0.2) is 62.5 Å². The Balaban J connectivity index is 1.43. The lowest BCUT2D eigenvalue weighted by Gasteiger charge is -2.40. The number of halogens is 1. The third-order valence-electron chi connectivity index (χ3n) is 6.98. The van der Waals surface area contributed by atoms with Crippen molar-refractivity contribution in [2.24, 2.45) is 0 Å². The average molecular weight is 477 g/mol. The number of nitrogens with one attached hydrogen (secondary N) is 1. The Morgan fingerprint density at radius 2 is 2.06 bits per heavy atom. The maximum atomic E-state index is 14.7. The highest BCUT2D eigenvalue weighted by atomic mass is 19.1. The van der Waals surface area contributed by atoms with Crippen LogP contribution in [0.4, 0.5) is 27.8 Å². The molecule has 2 N–H and O–H groups in total. The van der Waals surface area contributed by atoms with E-state index in [-0.39, 0.29) is 6.54 Å². The number of hydrogen-bond acceptors (Lipinski definition) is 9. The molecule has 9 nitrogen and oxygen atoms in total. The van der Waals surface area contributed by atoms with Crippen LogP contribution in [0.15, 0.2) is 30.7 Å². The number of aromatic nitrogens is 4. The van der Waals surface area contributed by atoms with Crippen LogP contribution in [0.3, 0.4) is 0 Å². The molecular weight excluding hydrogens is 447 g/mol. The van der Waals surface area contributed by atoms with Gasteiger partial charge in [0, 0.05) is 49.5 Å². The Labute approximate surface area is 203 Å². The van der Waals surface area contributed by atoms with Crippen molar-refractivity contribution in [1.29, 1.82) is 5.26 Å². The molecule has 2 aliphatic heterocycles. The van der Waals surface area contributed by atoms with Gasteiger partial charge in [-0.2, -0.15) is 10.2 Å². The highest BCUT2D eigenvalue weighted by molar-refractivity contribution is 5.95. The van der Waals surface area contributed by atoms with Crippen molar-refractivity contribution in [1.82, 2.24) is 19.9 Å². The fourth-order valence-corrected chi connectivity index (χ4v) is 4.70. The van der Waals surface area contributed by atoms with Crippen LogP contribution in [0, 0.1) is 11.3 Å². The molecule has 0 spiro atoms. The van der Waals surface area contributed by atoms with E-state index in [1.807, 2.05) is 18.5 Å². The fraction of sp³-hybridized carbons (Fsp3) is 0.480. The van der Waals surface area contributed by atoms with Gasteiger partial charge in [-0.3, -0.25) is 0 Å². The molecule has 182 valence electrons. The van der Waals surface area contributed by atoms with Gasteiger partial charge in [-0.25, -0.2) is 19.3 Å². The van der Waals surface area contributed by atoms with Gasteiger partial charge < -0.3 is 20.2 Å². The number of aryl methyl sites for hydroxylation is 1. The summed E-state index contributed by atoms with van der Waals surface area (Å²) >= 11 is 0. The Hall–Kier alpha value is -3.58. The molecule has 0 aliphatic carbocycles. The summed E-state index contributed by atoms with van der Waals surface area (Å²) in [4.78, 5) is 22.2. The van der Waals surface area contributed by atoms with E-state index in [0.717, 1.165) is 35.1 Å². The van der Waals surface area contributed by atoms with Crippen molar-refractivity contribution in [3.63, 3.8) is 0 Å². The number of nitrogens with zero attached hydrogens (tertiary/aromatic N) is 7. The van der Waals surface area contributed by atoms with Crippen LogP contribution in [0.5, 0.6) is 0 Å². The number of hydrogen-bond donors (Lipinski definition) is 2. The van der Waals surface area contributed by atoms with Crippen LogP contribution in [0.25, 0.3) is 10.8 Å². The topological polar surface area (TPSA) is 114 Å². The first-order chi connectivity index (χ1) is 16.9. The monoisotopic (exact) mass is 476 g/mol. The first-order valence-electron chi connectivity index (χ1n) is 12.0. The predicted molar refractivity (Wildman–Crippen MR) is 133 cm³/mol. The molecule has 0 bridgehead atoms. The molecule has 2 aliphatic rings. The molecule has 35 heavy (non-hydrogen) atoms. The van der Waals surface area contributed by atoms with Crippen molar-refractivity contribution < 1.29 is 9.50 Å². The number of nitriles is 1. The van der Waals surface area contributed by atoms with Crippen LogP contribution in [0.2, 0.25) is 0 Å². The van der Waals surface area contributed by atoms with E-state index < -0.39 is 11.8 Å². The number of aliphatic hydroxyl groups excluding tert-OH is 1. The number of fused-ring (bicyclic) bond motifs is 1. The Morgan fingerprint density at radius 3 is 2.77 bits per heavy atom. The predicted octanol–water partition coefficient (Wildman–Crippen LogP) is 3.52. The fourth-order valence-electron chi connectivity index (χ4n) is 4.70. The van der Waals surface area contributed by atoms with E-state index in [9.17, 15) is 9.50 Å². The SMILES string of the molecule is C[C@@H]1CCN1c1ncc(CCC#N)c2cc(Nc3ccnc(N4CC[C@@H](O)[C@@](C)(F)C4)n3)ncc12. The maximum Gasteiger partial charge on any atom is 0.227 e. The lowest BCUT2D eigenvalue weighted by atomic mass is 9.94. The van der Waals surface area contributed by atoms with Gasteiger partial charge in [0.1, 0.15) is 17.5 Å². The molecule has 3 aromatic heterocycles. The molecule has 5 rings (SSSR count). The van der Waals surface area contributed by atoms with Gasteiger partial charge in [0.05, 0.1) is 18.7 Å². The Kier molecular flexibility index (Phi) is 6.11. The summed E-state index contributed by atoms with van der Waals surface area (Å²) in [6, 6.07) is 6.36. The first kappa shape index (κ1) is 23.2. The summed E-state index contributed by atoms with van der Waals surface area (Å²) in [6.07, 6.45) is 6.80. The van der Waals surface area contributed by atoms with Crippen molar-refractivity contribution in [3.8, 4) is 6.07 Å². The van der Waals surface area contributed by atoms with Crippen molar-refractivity contribution in [2.45, 2.75) is 57.3 Å². The molecule has 2 fully saturated rings. The number of aliphatic hydroxyl groups is 1. The summed E-state index contributed by atoms with van der Waals surface area (Å²) in [6.45, 7) is 5.06. The van der Waals surface area contributed by atoms with Gasteiger partial charge in [-0.05, 0) is 56.2 Å². The molecule has 0 amide bonds. The van der Waals surface area contributed by atoms with Crippen LogP contribution in [-0.2, 0) is 6.42 Å². The largest absolute Gasteiger partial charge is 0.390 e. The quantitative estimate of drug-likeness (QED) is 0.551. The van der Waals surface area contributed by atoms with Crippen LogP contribution < -0.4 is 15.1 Å². The summed E-state index contributed by atoms with van der Waals surface area (Å²) in [5.41, 5.74) is -0.716. The molecule has 0 saturated carbocycles. The van der Waals surface area contributed by atoms with Gasteiger partial charge in [0.15, 0.2) is 5.67 Å². The molecule has 3 aromatic rings. The lowest BCUT2D eigenvalue weighted by molar-refractivity contribution is -0.00860. The summed E-state index contributed by atoms with van der Waals surface area (Å²) in [5, 5.41) is 24.2. The van der Waals surface area contributed by atoms with E-state index in [1.54, 1.807) is 17.2 Å². The molecule has 2 saturated heterocycles. The van der Waals surface area contributed by atoms with Crippen molar-refractivity contribution in [3.05, 3.63) is 36.3 Å². The molecule has 0 unspecified atom stereocenters. The summed E-state index contributed by atoms with van der Waals surface area (Å²) in [5.74, 6) is 2.47. The van der Waals surface area contributed by atoms with Gasteiger partial charge in [0.2, 0.25) is 5.95 Å². The second-order valence-corrected chi connectivity index (χ2v) is 9.58. The number of anilines is 4. The molecule has 5 heterocycles. The standard InChI is InChI=1S/C25H29FN8O/c1-16-6-11-34(16)23-19-14-29-22(12-18(19)17(13-30-23)4-3-8-27)31-21-5-9-28-24(32-21)33-10-7-20(35)25(2,26)15-33/h5,9,12-14,16,20,35H,3-4,6-7,10-11,15H2,1-2H3,(H,28,29,31,32)/t16-,20-,25+/m1/s1. The number of alkyl halides is 1. The molecular formula is C25H29FN8O. The second kappa shape index (κ2) is 9.23. The van der Waals surface area contributed by atoms with Gasteiger partial charge in [-0.1, -0.05) is 0 Å². The minimum Gasteiger partial charge on any atom is -0.390 e. The minimum atomic E-state index is -1.72. The highest BCUT2D eigenvalue weighted by Crippen LogP contribution is 2.34. The zero-order chi connectivity index (χ0) is 24.6. The van der Waals surface area contributed by atoms with Crippen molar-refractivity contribution >= 4 is 34.2 Å². The van der Waals surface area contributed by atoms with E-state index in [0.29, 0.717) is 49.4 Å². The average Bonchev–Trinajstić information content (AvgIpc) is 2.84. The smallest absolute Gasteiger partial charge is 0.227 e. The maximum absolute atomic E-state index is 14.7. The molecule has 0 aromatic carbocycles. The van der Waals surface area contributed by atoms with Crippen LogP contribution >= 0.6 is 0 Å². The van der Waals surface area contributed by atoms with Crippen LogP contribution in [0.1, 0.15) is 38.7 Å². The highest BCUT2D eigenvalue weighted by Gasteiger charge is 2.39. The summed E-state index contributed by atoms with van der Waals surface area (Å²) in [7, 11) is 0. The van der Waals surface area contributed by atoms with E-state index in [1.165, 1.54) is 6.92 Å². The first-order valence-corrected chi connectivity index (χ1v) is 12.0. The van der Waals surface area contributed by atoms with Crippen molar-refractivity contribution in [2.75, 3.05) is 34.8 Å². The zero-order valence-corrected chi connectivity index (χ0v) is 19.9. The molecule has 0 radical (unpaired) electrons. The van der Waals surface area contributed by atoms with Gasteiger partial charge in [-0.15, -0.1) is 0 Å². The molecule has 10 heteroatoms. The van der Waals surface area contributed by atoms with E-state index >= 15 is 0 Å². The Bertz CT molecular complexity index is 1280. The van der Waals surface area contributed by atoms with E-state index in [2.05, 4.69) is 38.2 Å². The van der Waals surface area contributed by atoms with Gasteiger partial charge in [0.25, 0.3) is 0 Å². The number of piperidine rings is 1. The third kappa shape index (κ3) is 4.56. The minimum absolute atomic E-state index is 0.0266. The Morgan fingerprint density at radius 1 is 1.20 bits per heavy atom. The zero-order valence-electron chi connectivity index (χ0n) is 19.9. The third-order valence-corrected chi connectivity index (χ3v) is 6.98. The molecule has 3 atom stereocenters. The number of rotatable bonds is 6. The lowest BCUT2D eigenvalue weighted by Crippen LogP contribution is -2.52. The normalized spacial score (nSPS) is 24.2. The summed E-state index contributed by atoms with van der Waals surface area (Å²) < 4.78 is 14.7. The second-order valence-electron chi connectivity index (χ2n) is 9.58.